The van der Waals surface area contributed by atoms with Crippen LogP contribution in [-0.4, -0.2) is 12.3 Å². The van der Waals surface area contributed by atoms with Gasteiger partial charge in [-0.2, -0.15) is 0 Å². The molecule has 1 fully saturated rings. The number of benzene rings is 1. The predicted molar refractivity (Wildman–Crippen MR) is 71.6 cm³/mol. The summed E-state index contributed by atoms with van der Waals surface area (Å²) in [5.41, 5.74) is 1.19. The first-order valence-electron chi connectivity index (χ1n) is 6.27. The van der Waals surface area contributed by atoms with Crippen LogP contribution in [0, 0.1) is 18.7 Å². The van der Waals surface area contributed by atoms with Crippen molar-refractivity contribution in [1.82, 2.24) is 0 Å². The standard InChI is InChI=1S/C14H17ClFNO/c1-9-6-12(15)14(7-13(9)16)17-8-10-2-4-11(18)5-3-10/h6-7,10,17H,2-5,8H2,1H3. The molecule has 0 heterocycles. The van der Waals surface area contributed by atoms with Gasteiger partial charge in [-0.05, 0) is 43.4 Å². The van der Waals surface area contributed by atoms with Crippen molar-refractivity contribution in [3.05, 3.63) is 28.5 Å². The van der Waals surface area contributed by atoms with Crippen LogP contribution in [0.5, 0.6) is 0 Å². The molecule has 1 aromatic rings. The number of aryl methyl sites for hydroxylation is 1. The van der Waals surface area contributed by atoms with Gasteiger partial charge in [-0.1, -0.05) is 11.6 Å². The van der Waals surface area contributed by atoms with Crippen molar-refractivity contribution < 1.29 is 9.18 Å². The molecule has 0 bridgehead atoms. The van der Waals surface area contributed by atoms with Gasteiger partial charge >= 0.3 is 0 Å². The fraction of sp³-hybridized carbons (Fsp3) is 0.500. The molecule has 1 saturated carbocycles. The summed E-state index contributed by atoms with van der Waals surface area (Å²) in [6.45, 7) is 2.44. The van der Waals surface area contributed by atoms with Crippen LogP contribution in [0.15, 0.2) is 12.1 Å². The van der Waals surface area contributed by atoms with Gasteiger partial charge in [0.05, 0.1) is 10.7 Å². The van der Waals surface area contributed by atoms with Gasteiger partial charge in [0.25, 0.3) is 0 Å². The maximum Gasteiger partial charge on any atom is 0.132 e. The molecule has 4 heteroatoms. The van der Waals surface area contributed by atoms with Crippen molar-refractivity contribution in [2.75, 3.05) is 11.9 Å². The third-order valence-electron chi connectivity index (χ3n) is 3.49. The Kier molecular flexibility index (Phi) is 4.23. The normalized spacial score (nSPS) is 16.9. The Morgan fingerprint density at radius 2 is 2.06 bits per heavy atom. The van der Waals surface area contributed by atoms with Crippen LogP contribution in [-0.2, 0) is 4.79 Å². The molecule has 18 heavy (non-hydrogen) atoms. The number of ketones is 1. The molecule has 1 aliphatic carbocycles. The Hall–Kier alpha value is -1.09. The molecule has 1 aliphatic rings. The van der Waals surface area contributed by atoms with Gasteiger partial charge in [-0.15, -0.1) is 0 Å². The van der Waals surface area contributed by atoms with Crippen LogP contribution in [0.3, 0.4) is 0 Å². The van der Waals surface area contributed by atoms with Crippen molar-refractivity contribution in [2.24, 2.45) is 5.92 Å². The van der Waals surface area contributed by atoms with Crippen molar-refractivity contribution >= 4 is 23.1 Å². The number of hydrogen-bond donors (Lipinski definition) is 1. The summed E-state index contributed by atoms with van der Waals surface area (Å²) >= 11 is 6.06. The number of carbonyl (C=O) groups is 1. The van der Waals surface area contributed by atoms with E-state index in [0.717, 1.165) is 19.4 Å². The van der Waals surface area contributed by atoms with Gasteiger partial charge in [-0.25, -0.2) is 4.39 Å². The van der Waals surface area contributed by atoms with E-state index in [1.54, 1.807) is 13.0 Å². The fourth-order valence-corrected chi connectivity index (χ4v) is 2.52. The zero-order chi connectivity index (χ0) is 13.1. The van der Waals surface area contributed by atoms with Crippen LogP contribution < -0.4 is 5.32 Å². The molecule has 2 rings (SSSR count). The van der Waals surface area contributed by atoms with E-state index in [2.05, 4.69) is 5.32 Å². The summed E-state index contributed by atoms with van der Waals surface area (Å²) in [5, 5.41) is 3.72. The second kappa shape index (κ2) is 5.70. The van der Waals surface area contributed by atoms with Gasteiger partial charge in [-0.3, -0.25) is 4.79 Å². The molecule has 1 aromatic carbocycles. The summed E-state index contributed by atoms with van der Waals surface area (Å²) in [6, 6.07) is 3.06. The van der Waals surface area contributed by atoms with Gasteiger partial charge in [0.15, 0.2) is 0 Å². The van der Waals surface area contributed by atoms with E-state index in [1.807, 2.05) is 0 Å². The minimum atomic E-state index is -0.249. The molecule has 0 aliphatic heterocycles. The van der Waals surface area contributed by atoms with Crippen LogP contribution >= 0.6 is 11.6 Å². The Morgan fingerprint density at radius 3 is 2.72 bits per heavy atom. The second-order valence-corrected chi connectivity index (χ2v) is 5.35. The topological polar surface area (TPSA) is 29.1 Å². The lowest BCUT2D eigenvalue weighted by atomic mass is 9.88. The van der Waals surface area contributed by atoms with Crippen LogP contribution in [0.1, 0.15) is 31.2 Å². The lowest BCUT2D eigenvalue weighted by Gasteiger charge is -2.22. The molecule has 0 amide bonds. The highest BCUT2D eigenvalue weighted by atomic mass is 35.5. The molecular weight excluding hydrogens is 253 g/mol. The molecule has 1 N–H and O–H groups in total. The van der Waals surface area contributed by atoms with E-state index in [9.17, 15) is 9.18 Å². The first kappa shape index (κ1) is 13.3. The molecule has 0 spiro atoms. The van der Waals surface area contributed by atoms with E-state index in [1.165, 1.54) is 6.07 Å². The SMILES string of the molecule is Cc1cc(Cl)c(NCC2CCC(=O)CC2)cc1F. The van der Waals surface area contributed by atoms with Crippen molar-refractivity contribution in [3.8, 4) is 0 Å². The van der Waals surface area contributed by atoms with Crippen LogP contribution in [0.4, 0.5) is 10.1 Å². The Morgan fingerprint density at radius 1 is 1.39 bits per heavy atom. The summed E-state index contributed by atoms with van der Waals surface area (Å²) in [6.07, 6.45) is 3.17. The first-order valence-corrected chi connectivity index (χ1v) is 6.65. The number of hydrogen-bond acceptors (Lipinski definition) is 2. The average Bonchev–Trinajstić information content (AvgIpc) is 2.34. The minimum Gasteiger partial charge on any atom is -0.383 e. The number of halogens is 2. The van der Waals surface area contributed by atoms with Crippen molar-refractivity contribution in [3.63, 3.8) is 0 Å². The summed E-state index contributed by atoms with van der Waals surface area (Å²) in [4.78, 5) is 11.1. The lowest BCUT2D eigenvalue weighted by Crippen LogP contribution is -2.21. The molecule has 0 atom stereocenters. The second-order valence-electron chi connectivity index (χ2n) is 4.94. The van der Waals surface area contributed by atoms with Gasteiger partial charge in [0, 0.05) is 19.4 Å². The van der Waals surface area contributed by atoms with E-state index in [4.69, 9.17) is 11.6 Å². The predicted octanol–water partition coefficient (Wildman–Crippen LogP) is 3.96. The van der Waals surface area contributed by atoms with Crippen LogP contribution in [0.2, 0.25) is 5.02 Å². The number of Topliss-reactive ketones (excluding diaryl/α,β-unsaturated/α-hetero) is 1. The largest absolute Gasteiger partial charge is 0.383 e. The molecule has 0 radical (unpaired) electrons. The highest BCUT2D eigenvalue weighted by Gasteiger charge is 2.18. The Labute approximate surface area is 112 Å². The maximum atomic E-state index is 13.4. The lowest BCUT2D eigenvalue weighted by molar-refractivity contribution is -0.120. The molecular formula is C14H17ClFNO. The molecule has 0 aromatic heterocycles. The number of rotatable bonds is 3. The molecule has 0 saturated heterocycles. The monoisotopic (exact) mass is 269 g/mol. The van der Waals surface area contributed by atoms with E-state index < -0.39 is 0 Å². The Balaban J connectivity index is 1.94. The maximum absolute atomic E-state index is 13.4. The fourth-order valence-electron chi connectivity index (χ4n) is 2.24. The summed E-state index contributed by atoms with van der Waals surface area (Å²) < 4.78 is 13.4. The smallest absolute Gasteiger partial charge is 0.132 e. The van der Waals surface area contributed by atoms with Gasteiger partial charge in [0.1, 0.15) is 11.6 Å². The molecule has 2 nitrogen and oxygen atoms in total. The quantitative estimate of drug-likeness (QED) is 0.900. The van der Waals surface area contributed by atoms with Gasteiger partial charge < -0.3 is 5.32 Å². The number of nitrogens with one attached hydrogen (secondary N) is 1. The van der Waals surface area contributed by atoms with E-state index in [-0.39, 0.29) is 5.82 Å². The number of anilines is 1. The summed E-state index contributed by atoms with van der Waals surface area (Å²) in [5.74, 6) is 0.578. The van der Waals surface area contributed by atoms with Crippen molar-refractivity contribution in [1.29, 1.82) is 0 Å². The third-order valence-corrected chi connectivity index (χ3v) is 3.81. The highest BCUT2D eigenvalue weighted by molar-refractivity contribution is 6.33. The number of carbonyl (C=O) groups excluding carboxylic acids is 1. The molecule has 0 unspecified atom stereocenters. The third kappa shape index (κ3) is 3.22. The molecule has 98 valence electrons. The first-order chi connectivity index (χ1) is 8.56. The summed E-state index contributed by atoms with van der Waals surface area (Å²) in [7, 11) is 0. The van der Waals surface area contributed by atoms with E-state index in [0.29, 0.717) is 40.8 Å². The Bertz CT molecular complexity index is 451. The van der Waals surface area contributed by atoms with Crippen molar-refractivity contribution in [2.45, 2.75) is 32.6 Å². The van der Waals surface area contributed by atoms with Crippen LogP contribution in [0.25, 0.3) is 0 Å². The van der Waals surface area contributed by atoms with Gasteiger partial charge in [0.2, 0.25) is 0 Å². The minimum absolute atomic E-state index is 0.249. The average molecular weight is 270 g/mol. The van der Waals surface area contributed by atoms with E-state index >= 15 is 0 Å². The zero-order valence-corrected chi connectivity index (χ0v) is 11.2. The zero-order valence-electron chi connectivity index (χ0n) is 10.4. The highest BCUT2D eigenvalue weighted by Crippen LogP contribution is 2.27.